The largest absolute Gasteiger partial charge is 0.465 e. The minimum atomic E-state index is -1.47. The molecule has 0 aromatic heterocycles. The van der Waals surface area contributed by atoms with Gasteiger partial charge in [-0.15, -0.1) is 0 Å². The van der Waals surface area contributed by atoms with Crippen LogP contribution in [0.1, 0.15) is 33.1 Å². The summed E-state index contributed by atoms with van der Waals surface area (Å²) in [5, 5.41) is 0. The van der Waals surface area contributed by atoms with Gasteiger partial charge < -0.3 is 9.47 Å². The number of rotatable bonds is 5. The molecule has 0 amide bonds. The van der Waals surface area contributed by atoms with Crippen molar-refractivity contribution in [2.75, 3.05) is 13.2 Å². The van der Waals surface area contributed by atoms with E-state index < -0.39 is 25.4 Å². The molecule has 0 bridgehead atoms. The van der Waals surface area contributed by atoms with Crippen molar-refractivity contribution in [3.63, 3.8) is 0 Å². The first-order valence-corrected chi connectivity index (χ1v) is 12.3. The predicted octanol–water partition coefficient (Wildman–Crippen LogP) is 3.89. The predicted molar refractivity (Wildman–Crippen MR) is 98.8 cm³/mol. The van der Waals surface area contributed by atoms with E-state index >= 15 is 0 Å². The number of ether oxygens (including phenoxy) is 2. The maximum atomic E-state index is 12.5. The molecule has 1 aliphatic carbocycles. The summed E-state index contributed by atoms with van der Waals surface area (Å²) in [5.74, 6) is -1.01. The van der Waals surface area contributed by atoms with E-state index in [9.17, 15) is 9.59 Å². The van der Waals surface area contributed by atoms with Gasteiger partial charge in [0.1, 0.15) is 0 Å². The van der Waals surface area contributed by atoms with E-state index in [1.807, 2.05) is 0 Å². The van der Waals surface area contributed by atoms with Crippen LogP contribution in [0.3, 0.4) is 0 Å². The fraction of sp³-hybridized carbons (Fsp3) is 0.750. The molecule has 0 N–H and O–H groups in total. The van der Waals surface area contributed by atoms with Crippen molar-refractivity contribution in [2.24, 2.45) is 5.41 Å². The Balaban J connectivity index is 3.19. The molecule has 1 saturated carbocycles. The van der Waals surface area contributed by atoms with Crippen LogP contribution in [0.4, 0.5) is 0 Å². The minimum absolute atomic E-state index is 0.102. The molecule has 1 atom stereocenters. The zero-order chi connectivity index (χ0) is 17.2. The van der Waals surface area contributed by atoms with E-state index in [1.54, 1.807) is 13.8 Å². The fourth-order valence-electron chi connectivity index (χ4n) is 2.86. The monoisotopic (exact) mass is 438 g/mol. The quantitative estimate of drug-likeness (QED) is 0.163. The molecule has 0 spiro atoms. The number of alkyl halides is 1. The highest BCUT2D eigenvalue weighted by atomic mass is 127. The second-order valence-electron chi connectivity index (χ2n) is 6.84. The smallest absolute Gasteiger partial charge is 0.327 e. The third kappa shape index (κ3) is 3.42. The van der Waals surface area contributed by atoms with Gasteiger partial charge in [0, 0.05) is 3.04 Å². The van der Waals surface area contributed by atoms with Gasteiger partial charge in [-0.1, -0.05) is 48.8 Å². The Morgan fingerprint density at radius 3 is 1.91 bits per heavy atom. The summed E-state index contributed by atoms with van der Waals surface area (Å²) in [6.45, 7) is 15.0. The molecule has 6 heteroatoms. The van der Waals surface area contributed by atoms with Crippen LogP contribution in [0.15, 0.2) is 12.2 Å². The molecule has 22 heavy (non-hydrogen) atoms. The van der Waals surface area contributed by atoms with Crippen LogP contribution in [0.25, 0.3) is 0 Å². The zero-order valence-electron chi connectivity index (χ0n) is 14.3. The highest BCUT2D eigenvalue weighted by molar-refractivity contribution is 14.1. The molecule has 1 fully saturated rings. The van der Waals surface area contributed by atoms with Crippen molar-refractivity contribution in [3.05, 3.63) is 12.2 Å². The minimum Gasteiger partial charge on any atom is -0.465 e. The molecule has 4 nitrogen and oxygen atoms in total. The Morgan fingerprint density at radius 1 is 1.14 bits per heavy atom. The molecule has 0 aromatic carbocycles. The lowest BCUT2D eigenvalue weighted by Gasteiger charge is -2.47. The van der Waals surface area contributed by atoms with Crippen LogP contribution in [-0.2, 0) is 19.1 Å². The van der Waals surface area contributed by atoms with Gasteiger partial charge in [-0.3, -0.25) is 9.59 Å². The lowest BCUT2D eigenvalue weighted by molar-refractivity contribution is -0.170. The van der Waals surface area contributed by atoms with Crippen molar-refractivity contribution in [1.82, 2.24) is 0 Å². The molecule has 1 rings (SSSR count). The second kappa shape index (κ2) is 7.03. The van der Waals surface area contributed by atoms with Crippen LogP contribution < -0.4 is 0 Å². The molecule has 0 aromatic rings. The summed E-state index contributed by atoms with van der Waals surface area (Å²) in [6, 6.07) is 0. The number of carbonyl (C=O) groups excluding carboxylic acids is 2. The zero-order valence-corrected chi connectivity index (χ0v) is 17.4. The number of esters is 2. The lowest BCUT2D eigenvalue weighted by Crippen LogP contribution is -2.55. The molecular formula is C16H27IO4Si. The van der Waals surface area contributed by atoms with Crippen molar-refractivity contribution >= 4 is 42.6 Å². The SMILES string of the molecule is C=C1C[C@](I)([Si](C)(C)C)CCC1(C(=O)OCC)C(=O)OCC. The number of carbonyl (C=O) groups is 2. The van der Waals surface area contributed by atoms with E-state index in [2.05, 4.69) is 48.8 Å². The molecule has 1 aliphatic rings. The molecule has 0 heterocycles. The van der Waals surface area contributed by atoms with Crippen LogP contribution in [-0.4, -0.2) is 36.3 Å². The van der Waals surface area contributed by atoms with Crippen LogP contribution >= 0.6 is 22.6 Å². The van der Waals surface area contributed by atoms with Crippen molar-refractivity contribution in [1.29, 1.82) is 0 Å². The summed E-state index contributed by atoms with van der Waals surface area (Å²) in [4.78, 5) is 25.1. The van der Waals surface area contributed by atoms with Crippen molar-refractivity contribution in [2.45, 2.75) is 55.8 Å². The van der Waals surface area contributed by atoms with Gasteiger partial charge in [-0.2, -0.15) is 0 Å². The Bertz CT molecular complexity index is 451. The number of hydrogen-bond acceptors (Lipinski definition) is 4. The van der Waals surface area contributed by atoms with Crippen LogP contribution in [0.2, 0.25) is 19.6 Å². The Hall–Kier alpha value is -0.373. The Labute approximate surface area is 148 Å². The van der Waals surface area contributed by atoms with Crippen molar-refractivity contribution < 1.29 is 19.1 Å². The summed E-state index contributed by atoms with van der Waals surface area (Å²) in [5.41, 5.74) is -0.673. The Morgan fingerprint density at radius 2 is 1.59 bits per heavy atom. The summed E-state index contributed by atoms with van der Waals surface area (Å²) in [6.07, 6.45) is 1.90. The summed E-state index contributed by atoms with van der Waals surface area (Å²) in [7, 11) is -1.47. The molecule has 0 aliphatic heterocycles. The maximum Gasteiger partial charge on any atom is 0.327 e. The van der Waals surface area contributed by atoms with Gasteiger partial charge in [0.05, 0.1) is 21.3 Å². The highest BCUT2D eigenvalue weighted by Gasteiger charge is 2.58. The highest BCUT2D eigenvalue weighted by Crippen LogP contribution is 2.52. The molecular weight excluding hydrogens is 411 g/mol. The molecule has 0 saturated heterocycles. The van der Waals surface area contributed by atoms with Gasteiger partial charge >= 0.3 is 11.9 Å². The van der Waals surface area contributed by atoms with Gasteiger partial charge in [0.25, 0.3) is 0 Å². The average Bonchev–Trinajstić information content (AvgIpc) is 2.38. The lowest BCUT2D eigenvalue weighted by atomic mass is 9.70. The first-order valence-electron chi connectivity index (χ1n) is 7.76. The third-order valence-corrected chi connectivity index (χ3v) is 13.5. The normalized spacial score (nSPS) is 24.7. The fourth-order valence-corrected chi connectivity index (χ4v) is 5.21. The number of hydrogen-bond donors (Lipinski definition) is 0. The molecule has 0 unspecified atom stereocenters. The van der Waals surface area contributed by atoms with Gasteiger partial charge in [-0.05, 0) is 38.7 Å². The van der Waals surface area contributed by atoms with E-state index in [-0.39, 0.29) is 16.3 Å². The molecule has 0 radical (unpaired) electrons. The first kappa shape index (κ1) is 19.7. The van der Waals surface area contributed by atoms with Crippen molar-refractivity contribution in [3.8, 4) is 0 Å². The Kier molecular flexibility index (Phi) is 6.28. The molecule has 126 valence electrons. The summed E-state index contributed by atoms with van der Waals surface area (Å²) < 4.78 is 10.5. The van der Waals surface area contributed by atoms with Crippen LogP contribution in [0.5, 0.6) is 0 Å². The topological polar surface area (TPSA) is 52.6 Å². The van der Waals surface area contributed by atoms with Gasteiger partial charge in [-0.25, -0.2) is 0 Å². The van der Waals surface area contributed by atoms with E-state index in [0.29, 0.717) is 18.4 Å². The summed E-state index contributed by atoms with van der Waals surface area (Å²) >= 11 is 2.51. The van der Waals surface area contributed by atoms with Crippen LogP contribution in [0, 0.1) is 5.41 Å². The standard InChI is InChI=1S/C16H27IO4Si/c1-7-20-13(18)16(14(19)21-8-2)10-9-15(17,11-12(16)3)22(4,5)6/h3,7-11H2,1-2,4-6H3/t15-/m1/s1. The van der Waals surface area contributed by atoms with E-state index in [4.69, 9.17) is 9.47 Å². The number of halogens is 1. The van der Waals surface area contributed by atoms with E-state index in [1.165, 1.54) is 0 Å². The van der Waals surface area contributed by atoms with E-state index in [0.717, 1.165) is 6.42 Å². The third-order valence-electron chi connectivity index (χ3n) is 4.59. The second-order valence-corrected chi connectivity index (χ2v) is 15.4. The maximum absolute atomic E-state index is 12.5. The average molecular weight is 438 g/mol. The first-order chi connectivity index (χ1) is 10.0. The van der Waals surface area contributed by atoms with Gasteiger partial charge in [0.2, 0.25) is 0 Å². The van der Waals surface area contributed by atoms with Gasteiger partial charge in [0.15, 0.2) is 5.41 Å².